The van der Waals surface area contributed by atoms with Crippen LogP contribution in [0, 0.1) is 0 Å². The molecule has 0 fully saturated rings. The van der Waals surface area contributed by atoms with Crippen molar-refractivity contribution in [1.82, 2.24) is 4.98 Å². The molecule has 0 bridgehead atoms. The number of rotatable bonds is 3. The fourth-order valence-electron chi connectivity index (χ4n) is 2.12. The molecule has 3 aromatic rings. The molecular weight excluding hydrogens is 321 g/mol. The summed E-state index contributed by atoms with van der Waals surface area (Å²) in [4.78, 5) is 5.59. The standard InChI is InChI=1S/C16H13ClNOPS/c17-12-7-10(8-13(20)16(12)19)9-21-14-5-1-3-11-4-2-6-18-15(11)14/h1-8,19H,9,20H2. The Morgan fingerprint density at radius 3 is 2.81 bits per heavy atom. The number of fused-ring (bicyclic) bond motifs is 1. The number of hydrogen-bond donors (Lipinski definition) is 1. The molecule has 1 aromatic heterocycles. The molecule has 5 heteroatoms. The molecule has 2 aromatic carbocycles. The van der Waals surface area contributed by atoms with Crippen molar-refractivity contribution in [3.63, 3.8) is 0 Å². The van der Waals surface area contributed by atoms with Gasteiger partial charge in [-0.25, -0.2) is 0 Å². The minimum Gasteiger partial charge on any atom is -0.506 e. The van der Waals surface area contributed by atoms with Crippen molar-refractivity contribution >= 4 is 48.8 Å². The molecule has 21 heavy (non-hydrogen) atoms. The van der Waals surface area contributed by atoms with E-state index in [1.165, 1.54) is 0 Å². The highest BCUT2D eigenvalue weighted by atomic mass is 35.5. The van der Waals surface area contributed by atoms with Crippen LogP contribution in [0.2, 0.25) is 5.02 Å². The molecule has 3 rings (SSSR count). The van der Waals surface area contributed by atoms with E-state index in [0.717, 1.165) is 27.1 Å². The van der Waals surface area contributed by atoms with E-state index < -0.39 is 0 Å². The van der Waals surface area contributed by atoms with Crippen LogP contribution in [0.15, 0.2) is 53.6 Å². The van der Waals surface area contributed by atoms with E-state index in [2.05, 4.69) is 32.4 Å². The molecule has 1 atom stereocenters. The monoisotopic (exact) mass is 333 g/mol. The third kappa shape index (κ3) is 3.16. The predicted octanol–water partition coefficient (Wildman–Crippen LogP) is 4.39. The fourth-order valence-corrected chi connectivity index (χ4v) is 3.80. The second-order valence-corrected chi connectivity index (χ2v) is 6.68. The van der Waals surface area contributed by atoms with Crippen molar-refractivity contribution in [2.45, 2.75) is 10.6 Å². The van der Waals surface area contributed by atoms with Crippen LogP contribution >= 0.6 is 32.6 Å². The van der Waals surface area contributed by atoms with Crippen LogP contribution in [-0.4, -0.2) is 10.1 Å². The number of aromatic hydroxyl groups is 1. The number of aromatic nitrogens is 1. The summed E-state index contributed by atoms with van der Waals surface area (Å²) in [7, 11) is 2.50. The van der Waals surface area contributed by atoms with Crippen LogP contribution in [0.3, 0.4) is 0 Å². The summed E-state index contributed by atoms with van der Waals surface area (Å²) in [6.45, 7) is 0. The molecule has 0 aliphatic rings. The number of phenolic OH excluding ortho intramolecular Hbond substituents is 1. The van der Waals surface area contributed by atoms with E-state index in [-0.39, 0.29) is 5.75 Å². The second-order valence-electron chi connectivity index (χ2n) is 4.64. The van der Waals surface area contributed by atoms with Gasteiger partial charge in [0.25, 0.3) is 0 Å². The molecule has 0 amide bonds. The molecule has 106 valence electrons. The third-order valence-electron chi connectivity index (χ3n) is 3.14. The Bertz CT molecular complexity index is 781. The number of hydrogen-bond acceptors (Lipinski definition) is 3. The molecule has 2 nitrogen and oxygen atoms in total. The van der Waals surface area contributed by atoms with Crippen molar-refractivity contribution in [2.75, 3.05) is 0 Å². The molecule has 0 radical (unpaired) electrons. The molecular formula is C16H13ClNOPS. The molecule has 1 unspecified atom stereocenters. The lowest BCUT2D eigenvalue weighted by molar-refractivity contribution is 0.480. The Hall–Kier alpha value is -1.28. The molecule has 0 aliphatic heterocycles. The highest BCUT2D eigenvalue weighted by Crippen LogP contribution is 2.31. The van der Waals surface area contributed by atoms with Crippen LogP contribution in [0.25, 0.3) is 10.9 Å². The molecule has 1 N–H and O–H groups in total. The summed E-state index contributed by atoms with van der Waals surface area (Å²) in [5, 5.41) is 11.9. The average Bonchev–Trinajstić information content (AvgIpc) is 2.50. The van der Waals surface area contributed by atoms with Gasteiger partial charge in [-0.15, -0.1) is 21.0 Å². The molecule has 0 spiro atoms. The van der Waals surface area contributed by atoms with Gasteiger partial charge in [0.15, 0.2) is 0 Å². The Morgan fingerprint density at radius 1 is 1.19 bits per heavy atom. The number of para-hydroxylation sites is 1. The van der Waals surface area contributed by atoms with Gasteiger partial charge in [0.1, 0.15) is 5.75 Å². The maximum atomic E-state index is 9.69. The van der Waals surface area contributed by atoms with Gasteiger partial charge in [0.2, 0.25) is 0 Å². The summed E-state index contributed by atoms with van der Waals surface area (Å²) in [6.07, 6.45) is 1.81. The summed E-state index contributed by atoms with van der Waals surface area (Å²) >= 11 is 7.73. The quantitative estimate of drug-likeness (QED) is 0.570. The summed E-state index contributed by atoms with van der Waals surface area (Å²) < 4.78 is 0. The third-order valence-corrected chi connectivity index (χ3v) is 4.99. The number of phenols is 1. The lowest BCUT2D eigenvalue weighted by atomic mass is 10.2. The molecule has 0 saturated carbocycles. The first-order valence-corrected chi connectivity index (χ1v) is 8.32. The van der Waals surface area contributed by atoms with E-state index in [9.17, 15) is 5.11 Å². The zero-order valence-electron chi connectivity index (χ0n) is 11.1. The van der Waals surface area contributed by atoms with Crippen molar-refractivity contribution in [3.8, 4) is 5.75 Å². The SMILES string of the molecule is Oc1c(P)cc(CSc2cccc3cccnc23)cc1Cl. The number of pyridine rings is 1. The predicted molar refractivity (Wildman–Crippen MR) is 93.8 cm³/mol. The lowest BCUT2D eigenvalue weighted by Crippen LogP contribution is -1.95. The van der Waals surface area contributed by atoms with Crippen molar-refractivity contribution in [1.29, 1.82) is 0 Å². The first kappa shape index (κ1) is 14.6. The van der Waals surface area contributed by atoms with Gasteiger partial charge in [-0.2, -0.15) is 0 Å². The first-order chi connectivity index (χ1) is 10.1. The van der Waals surface area contributed by atoms with Crippen LogP contribution in [0.1, 0.15) is 5.56 Å². The lowest BCUT2D eigenvalue weighted by Gasteiger charge is -2.08. The minimum absolute atomic E-state index is 0.127. The van der Waals surface area contributed by atoms with Crippen molar-refractivity contribution < 1.29 is 5.11 Å². The molecule has 0 saturated heterocycles. The van der Waals surface area contributed by atoms with Gasteiger partial charge in [-0.1, -0.05) is 29.8 Å². The van der Waals surface area contributed by atoms with Gasteiger partial charge in [-0.05, 0) is 29.8 Å². The van der Waals surface area contributed by atoms with Crippen LogP contribution in [-0.2, 0) is 5.75 Å². The fraction of sp³-hybridized carbons (Fsp3) is 0.0625. The Labute approximate surface area is 134 Å². The van der Waals surface area contributed by atoms with E-state index in [1.54, 1.807) is 17.8 Å². The largest absolute Gasteiger partial charge is 0.506 e. The smallest absolute Gasteiger partial charge is 0.141 e. The highest BCUT2D eigenvalue weighted by Gasteiger charge is 2.07. The van der Waals surface area contributed by atoms with Crippen LogP contribution in [0.4, 0.5) is 0 Å². The van der Waals surface area contributed by atoms with Crippen LogP contribution < -0.4 is 5.30 Å². The van der Waals surface area contributed by atoms with Crippen molar-refractivity contribution in [2.24, 2.45) is 0 Å². The Morgan fingerprint density at radius 2 is 2.00 bits per heavy atom. The van der Waals surface area contributed by atoms with E-state index in [0.29, 0.717) is 10.3 Å². The van der Waals surface area contributed by atoms with E-state index >= 15 is 0 Å². The minimum atomic E-state index is 0.127. The highest BCUT2D eigenvalue weighted by molar-refractivity contribution is 7.98. The van der Waals surface area contributed by atoms with Crippen LogP contribution in [0.5, 0.6) is 5.75 Å². The summed E-state index contributed by atoms with van der Waals surface area (Å²) in [6, 6.07) is 13.9. The van der Waals surface area contributed by atoms with E-state index in [4.69, 9.17) is 11.6 Å². The summed E-state index contributed by atoms with van der Waals surface area (Å²) in [5.41, 5.74) is 2.08. The second kappa shape index (κ2) is 6.23. The van der Waals surface area contributed by atoms with Gasteiger partial charge in [0.05, 0.1) is 10.5 Å². The van der Waals surface area contributed by atoms with Gasteiger partial charge in [-0.3, -0.25) is 4.98 Å². The average molecular weight is 334 g/mol. The maximum Gasteiger partial charge on any atom is 0.141 e. The van der Waals surface area contributed by atoms with E-state index in [1.807, 2.05) is 24.4 Å². The normalized spacial score (nSPS) is 11.0. The number of nitrogens with zero attached hydrogens (tertiary/aromatic N) is 1. The molecule has 0 aliphatic carbocycles. The summed E-state index contributed by atoms with van der Waals surface area (Å²) in [5.74, 6) is 0.902. The maximum absolute atomic E-state index is 9.69. The number of halogens is 1. The number of thioether (sulfide) groups is 1. The van der Waals surface area contributed by atoms with Crippen molar-refractivity contribution in [3.05, 3.63) is 59.2 Å². The van der Waals surface area contributed by atoms with Gasteiger partial charge in [0, 0.05) is 27.5 Å². The van der Waals surface area contributed by atoms with Gasteiger partial charge >= 0.3 is 0 Å². The topological polar surface area (TPSA) is 33.1 Å². The Balaban J connectivity index is 1.87. The Kier molecular flexibility index (Phi) is 4.34. The molecule has 1 heterocycles. The number of benzene rings is 2. The zero-order valence-corrected chi connectivity index (χ0v) is 13.8. The first-order valence-electron chi connectivity index (χ1n) is 6.38. The van der Waals surface area contributed by atoms with Gasteiger partial charge < -0.3 is 5.11 Å². The zero-order chi connectivity index (χ0) is 14.8.